The number of benzene rings is 4. The Morgan fingerprint density at radius 1 is 0.946 bits per heavy atom. The van der Waals surface area contributed by atoms with Crippen molar-refractivity contribution in [2.45, 2.75) is 13.3 Å². The summed E-state index contributed by atoms with van der Waals surface area (Å²) in [6.07, 6.45) is 2.69. The quantitative estimate of drug-likeness (QED) is 0.289. The van der Waals surface area contributed by atoms with Gasteiger partial charge < -0.3 is 14.9 Å². The van der Waals surface area contributed by atoms with Crippen LogP contribution in [0.15, 0.2) is 95.5 Å². The molecule has 2 heterocycles. The van der Waals surface area contributed by atoms with Gasteiger partial charge in [-0.05, 0) is 54.4 Å². The molecule has 184 valence electrons. The Morgan fingerprint density at radius 3 is 2.57 bits per heavy atom. The number of furan rings is 1. The molecule has 0 aliphatic heterocycles. The van der Waals surface area contributed by atoms with E-state index in [4.69, 9.17) is 14.9 Å². The smallest absolute Gasteiger partial charge is 0.243 e. The number of ether oxygens (including phenoxy) is 1. The van der Waals surface area contributed by atoms with Gasteiger partial charge in [-0.25, -0.2) is 5.01 Å². The molecule has 1 amide bonds. The van der Waals surface area contributed by atoms with E-state index < -0.39 is 0 Å². The van der Waals surface area contributed by atoms with Crippen LogP contribution in [0.3, 0.4) is 0 Å². The highest BCUT2D eigenvalue weighted by Crippen LogP contribution is 2.37. The topological polar surface area (TPSA) is 73.6 Å². The van der Waals surface area contributed by atoms with Crippen LogP contribution in [0.2, 0.25) is 0 Å². The summed E-state index contributed by atoms with van der Waals surface area (Å²) in [5.74, 6) is 0.573. The molecule has 4 aromatic carbocycles. The molecule has 6 heteroatoms. The highest BCUT2D eigenvalue weighted by Gasteiger charge is 2.20. The molecule has 0 atom stereocenters. The van der Waals surface area contributed by atoms with Gasteiger partial charge in [0, 0.05) is 40.9 Å². The molecule has 2 N–H and O–H groups in total. The third kappa shape index (κ3) is 3.82. The van der Waals surface area contributed by atoms with Gasteiger partial charge in [-0.1, -0.05) is 48.5 Å². The number of hydrogen-bond donors (Lipinski definition) is 1. The first-order valence-electron chi connectivity index (χ1n) is 12.3. The van der Waals surface area contributed by atoms with E-state index in [1.807, 2.05) is 53.3 Å². The van der Waals surface area contributed by atoms with Gasteiger partial charge in [0.1, 0.15) is 16.9 Å². The van der Waals surface area contributed by atoms with Crippen molar-refractivity contribution in [3.05, 3.63) is 96.7 Å². The molecule has 2 aromatic heterocycles. The molecule has 0 spiro atoms. The van der Waals surface area contributed by atoms with Crippen molar-refractivity contribution in [2.24, 2.45) is 5.73 Å². The molecule has 0 aliphatic carbocycles. The lowest BCUT2D eigenvalue weighted by Crippen LogP contribution is -2.33. The number of rotatable bonds is 6. The summed E-state index contributed by atoms with van der Waals surface area (Å²) in [5.41, 5.74) is 12.5. The molecular weight excluding hydrogens is 462 g/mol. The first kappa shape index (κ1) is 22.9. The van der Waals surface area contributed by atoms with Gasteiger partial charge in [0.15, 0.2) is 0 Å². The lowest BCUT2D eigenvalue weighted by Gasteiger charge is -2.24. The largest absolute Gasteiger partial charge is 0.497 e. The summed E-state index contributed by atoms with van der Waals surface area (Å²) in [6, 6.07) is 28.1. The number of para-hydroxylation sites is 2. The van der Waals surface area contributed by atoms with Crippen molar-refractivity contribution in [3.63, 3.8) is 0 Å². The van der Waals surface area contributed by atoms with E-state index >= 15 is 0 Å². The van der Waals surface area contributed by atoms with E-state index in [2.05, 4.69) is 42.5 Å². The molecule has 6 nitrogen and oxygen atoms in total. The second kappa shape index (κ2) is 9.15. The number of fused-ring (bicyclic) bond motifs is 4. The number of anilines is 1. The number of carbonyl (C=O) groups is 1. The van der Waals surface area contributed by atoms with E-state index in [1.165, 1.54) is 0 Å². The minimum Gasteiger partial charge on any atom is -0.497 e. The van der Waals surface area contributed by atoms with Gasteiger partial charge in [-0.3, -0.25) is 9.47 Å². The molecule has 0 saturated carbocycles. The summed E-state index contributed by atoms with van der Waals surface area (Å²) in [6.45, 7) is 2.06. The van der Waals surface area contributed by atoms with Crippen LogP contribution in [0.25, 0.3) is 44.0 Å². The number of hydrogen-bond acceptors (Lipinski definition) is 4. The zero-order chi connectivity index (χ0) is 25.5. The molecule has 37 heavy (non-hydrogen) atoms. The Hall–Kier alpha value is -4.55. The van der Waals surface area contributed by atoms with Gasteiger partial charge >= 0.3 is 0 Å². The van der Waals surface area contributed by atoms with Crippen LogP contribution in [0.5, 0.6) is 5.75 Å². The Balaban J connectivity index is 1.54. The number of nitrogens with two attached hydrogens (primary N) is 1. The Labute approximate surface area is 214 Å². The molecule has 6 aromatic rings. The maximum absolute atomic E-state index is 12.9. The maximum atomic E-state index is 12.9. The predicted molar refractivity (Wildman–Crippen MR) is 149 cm³/mol. The van der Waals surface area contributed by atoms with Gasteiger partial charge in [0.2, 0.25) is 5.91 Å². The van der Waals surface area contributed by atoms with E-state index in [0.29, 0.717) is 18.7 Å². The maximum Gasteiger partial charge on any atom is 0.243 e. The van der Waals surface area contributed by atoms with Gasteiger partial charge in [-0.15, -0.1) is 0 Å². The van der Waals surface area contributed by atoms with Gasteiger partial charge in [0.25, 0.3) is 0 Å². The number of methoxy groups -OCH3 is 1. The van der Waals surface area contributed by atoms with Crippen LogP contribution in [-0.4, -0.2) is 24.2 Å². The van der Waals surface area contributed by atoms with Crippen molar-refractivity contribution >= 4 is 44.4 Å². The van der Waals surface area contributed by atoms with Gasteiger partial charge in [-0.2, -0.15) is 0 Å². The molecule has 6 rings (SSSR count). The summed E-state index contributed by atoms with van der Waals surface area (Å²) >= 11 is 0. The van der Waals surface area contributed by atoms with Crippen LogP contribution >= 0.6 is 0 Å². The highest BCUT2D eigenvalue weighted by atomic mass is 16.5. The van der Waals surface area contributed by atoms with E-state index in [1.54, 1.807) is 19.0 Å². The van der Waals surface area contributed by atoms with Crippen molar-refractivity contribution in [1.82, 2.24) is 4.68 Å². The van der Waals surface area contributed by atoms with E-state index in [9.17, 15) is 4.79 Å². The highest BCUT2D eigenvalue weighted by molar-refractivity contribution is 6.10. The minimum atomic E-state index is -0.111. The number of nitrogens with zero attached hydrogens (tertiary/aromatic N) is 2. The van der Waals surface area contributed by atoms with E-state index in [0.717, 1.165) is 55.2 Å². The molecule has 0 unspecified atom stereocenters. The fraction of sp³-hybridized carbons (Fsp3) is 0.129. The SMILES string of the molecule is COc1cccc(N(C(C)=O)n2cc(CCN)c3cc(-c4cccc5c4oc4ccccc45)ccc32)c1. The molecule has 0 bridgehead atoms. The van der Waals surface area contributed by atoms with Crippen molar-refractivity contribution in [3.8, 4) is 16.9 Å². The number of carbonyl (C=O) groups excluding carboxylic acids is 1. The first-order chi connectivity index (χ1) is 18.1. The fourth-order valence-corrected chi connectivity index (χ4v) is 5.14. The van der Waals surface area contributed by atoms with Crippen LogP contribution in [0.1, 0.15) is 12.5 Å². The fourth-order valence-electron chi connectivity index (χ4n) is 5.14. The standard InChI is InChI=1S/C31H27N3O3/c1-20(35)34(23-7-5-8-24(18-23)36-2)33-19-22(15-16-32)28-17-21(13-14-29(28)33)25-10-6-11-27-26-9-3-4-12-30(26)37-31(25)27/h3-14,17-19H,15-16,32H2,1-2H3. The summed E-state index contributed by atoms with van der Waals surface area (Å²) in [7, 11) is 1.62. The van der Waals surface area contributed by atoms with Crippen molar-refractivity contribution in [2.75, 3.05) is 18.7 Å². The lowest BCUT2D eigenvalue weighted by molar-refractivity contribution is -0.117. The number of amides is 1. The average Bonchev–Trinajstić information content (AvgIpc) is 3.47. The molecule has 0 fully saturated rings. The third-order valence-corrected chi connectivity index (χ3v) is 6.81. The lowest BCUT2D eigenvalue weighted by atomic mass is 9.99. The first-order valence-corrected chi connectivity index (χ1v) is 12.3. The zero-order valence-electron chi connectivity index (χ0n) is 20.8. The van der Waals surface area contributed by atoms with Crippen LogP contribution < -0.4 is 15.5 Å². The van der Waals surface area contributed by atoms with Crippen molar-refractivity contribution in [1.29, 1.82) is 0 Å². The third-order valence-electron chi connectivity index (χ3n) is 6.81. The van der Waals surface area contributed by atoms with E-state index in [-0.39, 0.29) is 5.91 Å². The van der Waals surface area contributed by atoms with Crippen molar-refractivity contribution < 1.29 is 13.9 Å². The summed E-state index contributed by atoms with van der Waals surface area (Å²) in [4.78, 5) is 12.9. The molecule has 0 saturated heterocycles. The second-order valence-corrected chi connectivity index (χ2v) is 9.08. The number of aromatic nitrogens is 1. The normalized spacial score (nSPS) is 11.4. The van der Waals surface area contributed by atoms with Crippen LogP contribution in [0.4, 0.5) is 5.69 Å². The Kier molecular flexibility index (Phi) is 5.66. The summed E-state index contributed by atoms with van der Waals surface area (Å²) in [5, 5.41) is 4.90. The average molecular weight is 490 g/mol. The predicted octanol–water partition coefficient (Wildman–Crippen LogP) is 6.53. The Bertz CT molecular complexity index is 1780. The minimum absolute atomic E-state index is 0.111. The van der Waals surface area contributed by atoms with Crippen LogP contribution in [0, 0.1) is 0 Å². The molecule has 0 aliphatic rings. The molecule has 0 radical (unpaired) electrons. The molecular formula is C31H27N3O3. The van der Waals surface area contributed by atoms with Crippen LogP contribution in [-0.2, 0) is 11.2 Å². The van der Waals surface area contributed by atoms with Gasteiger partial charge in [0.05, 0.1) is 18.3 Å². The Morgan fingerprint density at radius 2 is 1.76 bits per heavy atom. The summed E-state index contributed by atoms with van der Waals surface area (Å²) < 4.78 is 13.6. The second-order valence-electron chi connectivity index (χ2n) is 9.08. The monoisotopic (exact) mass is 489 g/mol. The zero-order valence-corrected chi connectivity index (χ0v) is 20.8.